The van der Waals surface area contributed by atoms with E-state index in [0.717, 1.165) is 8.97 Å². The molecule has 2 heteroatoms. The SMILES string of the molecule is C[N+](C)(C)C(c1ccccc1)(c1ccccc1)[N+](C)(C)C. The summed E-state index contributed by atoms with van der Waals surface area (Å²) in [5, 5.41) is 0. The minimum absolute atomic E-state index is 0.164. The Bertz CT molecular complexity index is 519. The first-order chi connectivity index (χ1) is 9.71. The zero-order chi connectivity index (χ0) is 15.7. The van der Waals surface area contributed by atoms with Gasteiger partial charge in [-0.1, -0.05) is 36.4 Å². The van der Waals surface area contributed by atoms with E-state index >= 15 is 0 Å². The summed E-state index contributed by atoms with van der Waals surface area (Å²) in [6, 6.07) is 21.7. The Morgan fingerprint density at radius 3 is 1.05 bits per heavy atom. The highest BCUT2D eigenvalue weighted by Crippen LogP contribution is 2.43. The summed E-state index contributed by atoms with van der Waals surface area (Å²) in [4.78, 5) is 0. The molecule has 0 N–H and O–H groups in total. The van der Waals surface area contributed by atoms with Gasteiger partial charge in [0.15, 0.2) is 0 Å². The molecule has 0 unspecified atom stereocenters. The van der Waals surface area contributed by atoms with Gasteiger partial charge >= 0.3 is 0 Å². The molecule has 0 spiro atoms. The third-order valence-corrected chi connectivity index (χ3v) is 4.29. The molecule has 21 heavy (non-hydrogen) atoms. The average Bonchev–Trinajstić information content (AvgIpc) is 2.38. The Kier molecular flexibility index (Phi) is 3.96. The van der Waals surface area contributed by atoms with Crippen LogP contribution in [0.4, 0.5) is 0 Å². The molecule has 0 saturated carbocycles. The van der Waals surface area contributed by atoms with E-state index in [1.807, 2.05) is 0 Å². The van der Waals surface area contributed by atoms with E-state index in [1.165, 1.54) is 11.1 Å². The van der Waals surface area contributed by atoms with E-state index in [4.69, 9.17) is 0 Å². The number of benzene rings is 2. The Morgan fingerprint density at radius 2 is 0.810 bits per heavy atom. The van der Waals surface area contributed by atoms with Gasteiger partial charge in [0.1, 0.15) is 0 Å². The molecule has 0 heterocycles. The highest BCUT2D eigenvalue weighted by Gasteiger charge is 2.57. The molecule has 0 saturated heterocycles. The van der Waals surface area contributed by atoms with E-state index in [9.17, 15) is 0 Å². The standard InChI is InChI=1S/C19H28N2/c1-20(2,3)19(21(4,5)6,17-13-9-7-10-14-17)18-15-11-8-12-16-18/h7-16H,1-6H3/q+2. The normalized spacial score (nSPS) is 13.2. The van der Waals surface area contributed by atoms with Crippen LogP contribution in [0.1, 0.15) is 11.1 Å². The minimum atomic E-state index is -0.164. The van der Waals surface area contributed by atoms with Crippen molar-refractivity contribution in [3.63, 3.8) is 0 Å². The highest BCUT2D eigenvalue weighted by molar-refractivity contribution is 5.33. The lowest BCUT2D eigenvalue weighted by atomic mass is 9.85. The Morgan fingerprint density at radius 1 is 0.524 bits per heavy atom. The smallest absolute Gasteiger partial charge is 0.271 e. The van der Waals surface area contributed by atoms with Crippen molar-refractivity contribution in [1.29, 1.82) is 0 Å². The summed E-state index contributed by atoms with van der Waals surface area (Å²) >= 11 is 0. The predicted molar refractivity (Wildman–Crippen MR) is 89.7 cm³/mol. The second kappa shape index (κ2) is 5.28. The van der Waals surface area contributed by atoms with Crippen LogP contribution in [-0.2, 0) is 5.66 Å². The lowest BCUT2D eigenvalue weighted by molar-refractivity contribution is -1.13. The molecular formula is C19H28N2+2. The van der Waals surface area contributed by atoms with E-state index in [0.29, 0.717) is 0 Å². The molecule has 0 fully saturated rings. The first-order valence-corrected chi connectivity index (χ1v) is 7.45. The second-order valence-corrected chi connectivity index (χ2v) is 7.43. The van der Waals surface area contributed by atoms with Crippen molar-refractivity contribution in [3.8, 4) is 0 Å². The van der Waals surface area contributed by atoms with Gasteiger partial charge < -0.3 is 0 Å². The van der Waals surface area contributed by atoms with Gasteiger partial charge in [0.2, 0.25) is 0 Å². The summed E-state index contributed by atoms with van der Waals surface area (Å²) in [6.45, 7) is 0. The number of quaternary nitrogens is 2. The molecule has 0 bridgehead atoms. The fourth-order valence-electron chi connectivity index (χ4n) is 3.96. The topological polar surface area (TPSA) is 0 Å². The van der Waals surface area contributed by atoms with Gasteiger partial charge in [0.25, 0.3) is 5.66 Å². The van der Waals surface area contributed by atoms with E-state index < -0.39 is 0 Å². The molecule has 0 aliphatic carbocycles. The fraction of sp³-hybridized carbons (Fsp3) is 0.368. The quantitative estimate of drug-likeness (QED) is 0.597. The van der Waals surface area contributed by atoms with Crippen molar-refractivity contribution in [2.45, 2.75) is 5.66 Å². The Balaban J connectivity index is 2.87. The summed E-state index contributed by atoms with van der Waals surface area (Å²) < 4.78 is 1.65. The van der Waals surface area contributed by atoms with Crippen LogP contribution in [0.5, 0.6) is 0 Å². The lowest BCUT2D eigenvalue weighted by Gasteiger charge is -2.53. The van der Waals surface area contributed by atoms with Crippen LogP contribution in [0.2, 0.25) is 0 Å². The third kappa shape index (κ3) is 2.50. The lowest BCUT2D eigenvalue weighted by Crippen LogP contribution is -2.69. The Hall–Kier alpha value is -1.64. The molecule has 2 nitrogen and oxygen atoms in total. The average molecular weight is 284 g/mol. The van der Waals surface area contributed by atoms with Crippen molar-refractivity contribution < 1.29 is 8.97 Å². The third-order valence-electron chi connectivity index (χ3n) is 4.29. The highest BCUT2D eigenvalue weighted by atomic mass is 15.6. The van der Waals surface area contributed by atoms with Crippen molar-refractivity contribution in [2.75, 3.05) is 42.3 Å². The number of nitrogens with zero attached hydrogens (tertiary/aromatic N) is 2. The van der Waals surface area contributed by atoms with Crippen LogP contribution < -0.4 is 0 Å². The van der Waals surface area contributed by atoms with Gasteiger partial charge in [0.05, 0.1) is 53.4 Å². The molecule has 112 valence electrons. The van der Waals surface area contributed by atoms with Gasteiger partial charge in [-0.2, -0.15) is 0 Å². The monoisotopic (exact) mass is 284 g/mol. The van der Waals surface area contributed by atoms with Gasteiger partial charge in [-0.3, -0.25) is 8.97 Å². The maximum Gasteiger partial charge on any atom is 0.277 e. The maximum atomic E-state index is 2.28. The van der Waals surface area contributed by atoms with Crippen LogP contribution >= 0.6 is 0 Å². The number of rotatable bonds is 4. The molecule has 0 amide bonds. The maximum absolute atomic E-state index is 2.28. The molecule has 2 rings (SSSR count). The van der Waals surface area contributed by atoms with Crippen LogP contribution in [0.15, 0.2) is 60.7 Å². The molecule has 0 aliphatic heterocycles. The van der Waals surface area contributed by atoms with Gasteiger partial charge in [-0.15, -0.1) is 0 Å². The molecule has 2 aromatic carbocycles. The molecule has 0 aliphatic rings. The number of hydrogen-bond acceptors (Lipinski definition) is 0. The molecule has 0 aromatic heterocycles. The molecule has 0 radical (unpaired) electrons. The summed E-state index contributed by atoms with van der Waals surface area (Å²) in [7, 11) is 13.7. The zero-order valence-electron chi connectivity index (χ0n) is 14.2. The summed E-state index contributed by atoms with van der Waals surface area (Å²) in [5.74, 6) is 0. The largest absolute Gasteiger partial charge is 0.277 e. The van der Waals surface area contributed by atoms with Crippen LogP contribution in [0.25, 0.3) is 0 Å². The first kappa shape index (κ1) is 15.7. The molecule has 0 atom stereocenters. The van der Waals surface area contributed by atoms with Crippen LogP contribution in [0, 0.1) is 0 Å². The molecule has 2 aromatic rings. The van der Waals surface area contributed by atoms with Crippen molar-refractivity contribution >= 4 is 0 Å². The van der Waals surface area contributed by atoms with Crippen LogP contribution in [0.3, 0.4) is 0 Å². The van der Waals surface area contributed by atoms with Gasteiger partial charge in [-0.05, 0) is 24.3 Å². The van der Waals surface area contributed by atoms with Crippen molar-refractivity contribution in [2.24, 2.45) is 0 Å². The minimum Gasteiger partial charge on any atom is -0.271 e. The zero-order valence-corrected chi connectivity index (χ0v) is 14.2. The van der Waals surface area contributed by atoms with Crippen LogP contribution in [-0.4, -0.2) is 51.3 Å². The van der Waals surface area contributed by atoms with E-state index in [2.05, 4.69) is 103 Å². The first-order valence-electron chi connectivity index (χ1n) is 7.45. The molecular weight excluding hydrogens is 256 g/mol. The predicted octanol–water partition coefficient (Wildman–Crippen LogP) is 3.30. The Labute approximate surface area is 129 Å². The van der Waals surface area contributed by atoms with Gasteiger partial charge in [0, 0.05) is 0 Å². The van der Waals surface area contributed by atoms with E-state index in [-0.39, 0.29) is 5.66 Å². The van der Waals surface area contributed by atoms with Gasteiger partial charge in [-0.25, -0.2) is 0 Å². The second-order valence-electron chi connectivity index (χ2n) is 7.43. The fourth-order valence-corrected chi connectivity index (χ4v) is 3.96. The van der Waals surface area contributed by atoms with Crippen molar-refractivity contribution in [3.05, 3.63) is 71.8 Å². The summed E-state index contributed by atoms with van der Waals surface area (Å²) in [6.07, 6.45) is 0. The number of hydrogen-bond donors (Lipinski definition) is 0. The van der Waals surface area contributed by atoms with E-state index in [1.54, 1.807) is 0 Å². The van der Waals surface area contributed by atoms with Crippen molar-refractivity contribution in [1.82, 2.24) is 0 Å². The summed E-state index contributed by atoms with van der Waals surface area (Å²) in [5.41, 5.74) is 2.52.